The van der Waals surface area contributed by atoms with Gasteiger partial charge in [0.2, 0.25) is 0 Å². The number of amides is 2. The molecule has 0 aromatic rings. The Hall–Kier alpha value is -1.70. The summed E-state index contributed by atoms with van der Waals surface area (Å²) in [6.45, 7) is 3.30. The van der Waals surface area contributed by atoms with E-state index in [1.165, 1.54) is 0 Å². The van der Waals surface area contributed by atoms with E-state index in [1.54, 1.807) is 4.90 Å². The summed E-state index contributed by atoms with van der Waals surface area (Å²) >= 11 is 0. The zero-order chi connectivity index (χ0) is 14.3. The van der Waals surface area contributed by atoms with Crippen LogP contribution < -0.4 is 5.32 Å². The van der Waals surface area contributed by atoms with E-state index in [4.69, 9.17) is 6.42 Å². The van der Waals surface area contributed by atoms with Crippen molar-refractivity contribution in [1.82, 2.24) is 10.2 Å². The third-order valence-electron chi connectivity index (χ3n) is 3.59. The number of terminal acetylenes is 1. The molecule has 0 aliphatic carbocycles. The molecule has 1 heterocycles. The van der Waals surface area contributed by atoms with Gasteiger partial charge in [0.15, 0.2) is 0 Å². The van der Waals surface area contributed by atoms with E-state index in [2.05, 4.69) is 11.2 Å². The van der Waals surface area contributed by atoms with Crippen LogP contribution in [0.25, 0.3) is 0 Å². The summed E-state index contributed by atoms with van der Waals surface area (Å²) in [4.78, 5) is 25.1. The van der Waals surface area contributed by atoms with Crippen LogP contribution in [0.4, 0.5) is 4.79 Å². The van der Waals surface area contributed by atoms with Crippen molar-refractivity contribution in [2.75, 3.05) is 19.6 Å². The summed E-state index contributed by atoms with van der Waals surface area (Å²) in [5.41, 5.74) is -0.781. The van der Waals surface area contributed by atoms with Gasteiger partial charge in [-0.25, -0.2) is 4.79 Å². The number of hydrogen-bond donors (Lipinski definition) is 2. The highest BCUT2D eigenvalue weighted by Gasteiger charge is 2.42. The summed E-state index contributed by atoms with van der Waals surface area (Å²) < 4.78 is 0. The Labute approximate surface area is 114 Å². The summed E-state index contributed by atoms with van der Waals surface area (Å²) in [5.74, 6) is 1.66. The minimum atomic E-state index is -0.796. The van der Waals surface area contributed by atoms with Gasteiger partial charge in [-0.05, 0) is 19.3 Å². The number of aliphatic carboxylic acids is 1. The zero-order valence-corrected chi connectivity index (χ0v) is 11.4. The third-order valence-corrected chi connectivity index (χ3v) is 3.59. The van der Waals surface area contributed by atoms with Gasteiger partial charge in [-0.2, -0.15) is 0 Å². The minimum Gasteiger partial charge on any atom is -0.481 e. The van der Waals surface area contributed by atoms with Crippen molar-refractivity contribution < 1.29 is 14.7 Å². The number of urea groups is 1. The standard InChI is InChI=1S/C14H22N2O3/c1-3-5-9-15-13(19)16-10-6-8-14(11-16,7-4-2)12(17)18/h1H,4-11H2,2H3,(H,15,19)(H,17,18). The Balaban J connectivity index is 2.64. The van der Waals surface area contributed by atoms with Crippen molar-refractivity contribution in [3.8, 4) is 12.3 Å². The molecule has 0 spiro atoms. The van der Waals surface area contributed by atoms with Crippen LogP contribution in [0.15, 0.2) is 0 Å². The first kappa shape index (κ1) is 15.4. The van der Waals surface area contributed by atoms with E-state index in [0.717, 1.165) is 12.8 Å². The Morgan fingerprint density at radius 1 is 1.53 bits per heavy atom. The van der Waals surface area contributed by atoms with E-state index < -0.39 is 11.4 Å². The number of carbonyl (C=O) groups excluding carboxylic acids is 1. The van der Waals surface area contributed by atoms with Gasteiger partial charge < -0.3 is 15.3 Å². The molecule has 2 amide bonds. The van der Waals surface area contributed by atoms with Crippen LogP contribution in [-0.4, -0.2) is 41.6 Å². The number of piperidine rings is 1. The van der Waals surface area contributed by atoms with E-state index >= 15 is 0 Å². The second-order valence-electron chi connectivity index (χ2n) is 5.05. The molecule has 0 bridgehead atoms. The molecule has 0 aromatic heterocycles. The van der Waals surface area contributed by atoms with Gasteiger partial charge in [-0.15, -0.1) is 12.3 Å². The number of likely N-dealkylation sites (tertiary alicyclic amines) is 1. The number of carbonyl (C=O) groups is 2. The fraction of sp³-hybridized carbons (Fsp3) is 0.714. The number of hydrogen-bond acceptors (Lipinski definition) is 2. The van der Waals surface area contributed by atoms with E-state index in [-0.39, 0.29) is 12.6 Å². The molecule has 5 heteroatoms. The second-order valence-corrected chi connectivity index (χ2v) is 5.05. The lowest BCUT2D eigenvalue weighted by atomic mass is 9.76. The van der Waals surface area contributed by atoms with Crippen molar-refractivity contribution in [1.29, 1.82) is 0 Å². The SMILES string of the molecule is C#CCCNC(=O)N1CCCC(CCC)(C(=O)O)C1. The topological polar surface area (TPSA) is 69.6 Å². The van der Waals surface area contributed by atoms with E-state index in [1.807, 2.05) is 6.92 Å². The van der Waals surface area contributed by atoms with Crippen molar-refractivity contribution in [2.24, 2.45) is 5.41 Å². The average Bonchev–Trinajstić information content (AvgIpc) is 2.39. The molecule has 5 nitrogen and oxygen atoms in total. The summed E-state index contributed by atoms with van der Waals surface area (Å²) in [5, 5.41) is 12.2. The highest BCUT2D eigenvalue weighted by atomic mass is 16.4. The Kier molecular flexibility index (Phi) is 5.68. The van der Waals surface area contributed by atoms with Crippen LogP contribution in [0.1, 0.15) is 39.0 Å². The molecule has 106 valence electrons. The fourth-order valence-corrected chi connectivity index (χ4v) is 2.62. The third kappa shape index (κ3) is 3.88. The minimum absolute atomic E-state index is 0.211. The average molecular weight is 266 g/mol. The maximum Gasteiger partial charge on any atom is 0.317 e. The van der Waals surface area contributed by atoms with Crippen LogP contribution in [0.5, 0.6) is 0 Å². The first-order chi connectivity index (χ1) is 9.05. The molecule has 1 aliphatic rings. The lowest BCUT2D eigenvalue weighted by molar-refractivity contribution is -0.152. The van der Waals surface area contributed by atoms with Crippen LogP contribution in [0, 0.1) is 17.8 Å². The van der Waals surface area contributed by atoms with Crippen LogP contribution in [0.2, 0.25) is 0 Å². The first-order valence-electron chi connectivity index (χ1n) is 6.75. The number of carboxylic acid groups (broad SMARTS) is 1. The van der Waals surface area contributed by atoms with Gasteiger partial charge >= 0.3 is 12.0 Å². The van der Waals surface area contributed by atoms with Gasteiger partial charge in [0.1, 0.15) is 0 Å². The number of nitrogens with zero attached hydrogens (tertiary/aromatic N) is 1. The molecule has 19 heavy (non-hydrogen) atoms. The molecular weight excluding hydrogens is 244 g/mol. The van der Waals surface area contributed by atoms with Crippen LogP contribution >= 0.6 is 0 Å². The van der Waals surface area contributed by atoms with Crippen molar-refractivity contribution >= 4 is 12.0 Å². The van der Waals surface area contributed by atoms with Crippen LogP contribution in [-0.2, 0) is 4.79 Å². The van der Waals surface area contributed by atoms with Gasteiger partial charge in [0.25, 0.3) is 0 Å². The molecule has 1 saturated heterocycles. The molecule has 2 N–H and O–H groups in total. The molecule has 0 radical (unpaired) electrons. The Morgan fingerprint density at radius 3 is 2.84 bits per heavy atom. The molecule has 1 aliphatic heterocycles. The lowest BCUT2D eigenvalue weighted by Gasteiger charge is -2.39. The summed E-state index contributed by atoms with van der Waals surface area (Å²) in [6.07, 6.45) is 8.39. The van der Waals surface area contributed by atoms with Gasteiger partial charge in [-0.1, -0.05) is 13.3 Å². The Morgan fingerprint density at radius 2 is 2.26 bits per heavy atom. The summed E-state index contributed by atoms with van der Waals surface area (Å²) in [7, 11) is 0. The lowest BCUT2D eigenvalue weighted by Crippen LogP contribution is -2.52. The fourth-order valence-electron chi connectivity index (χ4n) is 2.62. The van der Waals surface area contributed by atoms with Crippen molar-refractivity contribution in [3.63, 3.8) is 0 Å². The highest BCUT2D eigenvalue weighted by molar-refractivity contribution is 5.78. The van der Waals surface area contributed by atoms with Crippen molar-refractivity contribution in [2.45, 2.75) is 39.0 Å². The predicted octanol–water partition coefficient (Wildman–Crippen LogP) is 1.69. The van der Waals surface area contributed by atoms with Gasteiger partial charge in [0.05, 0.1) is 5.41 Å². The molecule has 1 unspecified atom stereocenters. The second kappa shape index (κ2) is 7.03. The zero-order valence-electron chi connectivity index (χ0n) is 11.4. The molecule has 0 saturated carbocycles. The normalized spacial score (nSPS) is 22.6. The maximum absolute atomic E-state index is 11.9. The highest BCUT2D eigenvalue weighted by Crippen LogP contribution is 2.35. The summed E-state index contributed by atoms with van der Waals surface area (Å²) in [6, 6.07) is -0.211. The molecular formula is C14H22N2O3. The molecule has 1 rings (SSSR count). The van der Waals surface area contributed by atoms with E-state index in [0.29, 0.717) is 32.4 Å². The van der Waals surface area contributed by atoms with Gasteiger partial charge in [-0.3, -0.25) is 4.79 Å². The Bertz CT molecular complexity index is 371. The number of carboxylic acids is 1. The molecule has 1 fully saturated rings. The quantitative estimate of drug-likeness (QED) is 0.587. The largest absolute Gasteiger partial charge is 0.481 e. The number of rotatable bonds is 5. The van der Waals surface area contributed by atoms with E-state index in [9.17, 15) is 14.7 Å². The monoisotopic (exact) mass is 266 g/mol. The number of nitrogens with one attached hydrogen (secondary N) is 1. The molecule has 0 aromatic carbocycles. The van der Waals surface area contributed by atoms with Gasteiger partial charge in [0, 0.05) is 26.1 Å². The van der Waals surface area contributed by atoms with Crippen LogP contribution in [0.3, 0.4) is 0 Å². The predicted molar refractivity (Wildman–Crippen MR) is 72.6 cm³/mol. The maximum atomic E-state index is 11.9. The first-order valence-corrected chi connectivity index (χ1v) is 6.75. The smallest absolute Gasteiger partial charge is 0.317 e. The van der Waals surface area contributed by atoms with Crippen molar-refractivity contribution in [3.05, 3.63) is 0 Å². The molecule has 1 atom stereocenters.